The van der Waals surface area contributed by atoms with Crippen LogP contribution in [0.2, 0.25) is 0 Å². The topological polar surface area (TPSA) is 99.7 Å². The summed E-state index contributed by atoms with van der Waals surface area (Å²) in [6, 6.07) is 5.14. The number of dihydropyridines is 1. The summed E-state index contributed by atoms with van der Waals surface area (Å²) in [5.41, 5.74) is 4.45. The quantitative estimate of drug-likeness (QED) is 0.435. The maximum Gasteiger partial charge on any atom is 0.305 e. The molecule has 3 aliphatic rings. The molecular weight excluding hydrogens is 414 g/mol. The smallest absolute Gasteiger partial charge is 0.305 e. The van der Waals surface area contributed by atoms with Crippen LogP contribution in [0.3, 0.4) is 0 Å². The van der Waals surface area contributed by atoms with Crippen LogP contribution < -0.4 is 20.7 Å². The van der Waals surface area contributed by atoms with E-state index in [2.05, 4.69) is 28.1 Å². The van der Waals surface area contributed by atoms with Gasteiger partial charge in [-0.25, -0.2) is 0 Å². The van der Waals surface area contributed by atoms with Crippen LogP contribution in [0.25, 0.3) is 0 Å². The fourth-order valence-corrected chi connectivity index (χ4v) is 4.98. The van der Waals surface area contributed by atoms with E-state index in [9.17, 15) is 14.7 Å². The molecule has 3 heterocycles. The molecule has 1 saturated heterocycles. The van der Waals surface area contributed by atoms with Crippen LogP contribution in [0.15, 0.2) is 41.6 Å². The van der Waals surface area contributed by atoms with Crippen LogP contribution in [0.1, 0.15) is 42.9 Å². The van der Waals surface area contributed by atoms with Crippen molar-refractivity contribution >= 4 is 23.6 Å². The first-order valence-corrected chi connectivity index (χ1v) is 12.0. The predicted octanol–water partition coefficient (Wildman–Crippen LogP) is 2.50. The van der Waals surface area contributed by atoms with Crippen LogP contribution in [-0.2, 0) is 16.0 Å². The first-order chi connectivity index (χ1) is 15.1. The zero-order chi connectivity index (χ0) is 21.6. The van der Waals surface area contributed by atoms with Crippen molar-refractivity contribution in [2.24, 2.45) is 0 Å². The number of carbonyl (C=O) groups is 2. The molecule has 8 heteroatoms. The molecule has 7 nitrogen and oxygen atoms in total. The Kier molecular flexibility index (Phi) is 7.19. The van der Waals surface area contributed by atoms with E-state index in [0.717, 1.165) is 47.7 Å². The zero-order valence-electron chi connectivity index (χ0n) is 17.5. The van der Waals surface area contributed by atoms with E-state index in [4.69, 9.17) is 4.74 Å². The van der Waals surface area contributed by atoms with Crippen molar-refractivity contribution < 1.29 is 19.4 Å². The summed E-state index contributed by atoms with van der Waals surface area (Å²) in [6.07, 6.45) is 7.94. The van der Waals surface area contributed by atoms with Gasteiger partial charge in [0, 0.05) is 30.0 Å². The molecule has 0 saturated carbocycles. The molecule has 31 heavy (non-hydrogen) atoms. The van der Waals surface area contributed by atoms with Gasteiger partial charge in [-0.05, 0) is 48.2 Å². The van der Waals surface area contributed by atoms with Gasteiger partial charge in [0.2, 0.25) is 5.91 Å². The third-order valence-electron chi connectivity index (χ3n) is 5.76. The molecule has 0 bridgehead atoms. The number of hydrogen-bond donors (Lipinski definition) is 4. The summed E-state index contributed by atoms with van der Waals surface area (Å²) >= 11 is 1.70. The Morgan fingerprint density at radius 2 is 2.19 bits per heavy atom. The zero-order valence-corrected chi connectivity index (χ0v) is 18.3. The first-order valence-electron chi connectivity index (χ1n) is 10.8. The molecule has 4 N–H and O–H groups in total. The number of benzene rings is 1. The fraction of sp³-hybridized carbons (Fsp3) is 0.478. The van der Waals surface area contributed by atoms with Crippen LogP contribution in [0, 0.1) is 0 Å². The normalized spacial score (nSPS) is 20.3. The molecule has 1 unspecified atom stereocenters. The minimum atomic E-state index is -0.944. The fourth-order valence-electron chi connectivity index (χ4n) is 4.11. The highest BCUT2D eigenvalue weighted by molar-refractivity contribution is 7.99. The van der Waals surface area contributed by atoms with Gasteiger partial charge in [-0.1, -0.05) is 18.2 Å². The van der Waals surface area contributed by atoms with Crippen molar-refractivity contribution in [3.05, 3.63) is 52.7 Å². The van der Waals surface area contributed by atoms with Gasteiger partial charge in [0.25, 0.3) is 0 Å². The highest BCUT2D eigenvalue weighted by Gasteiger charge is 2.22. The molecule has 0 aromatic heterocycles. The number of fused-ring (bicyclic) bond motifs is 2. The predicted molar refractivity (Wildman–Crippen MR) is 121 cm³/mol. The van der Waals surface area contributed by atoms with Crippen molar-refractivity contribution in [2.45, 2.75) is 44.3 Å². The maximum absolute atomic E-state index is 12.5. The van der Waals surface area contributed by atoms with Crippen molar-refractivity contribution in [1.29, 1.82) is 0 Å². The molecule has 1 fully saturated rings. The van der Waals surface area contributed by atoms with E-state index in [1.54, 1.807) is 11.8 Å². The van der Waals surface area contributed by atoms with Gasteiger partial charge < -0.3 is 20.5 Å². The van der Waals surface area contributed by atoms with Crippen LogP contribution >= 0.6 is 11.8 Å². The molecule has 2 atom stereocenters. The second-order valence-corrected chi connectivity index (χ2v) is 9.16. The summed E-state index contributed by atoms with van der Waals surface area (Å²) in [7, 11) is 0. The first kappa shape index (κ1) is 21.8. The second-order valence-electron chi connectivity index (χ2n) is 8.05. The lowest BCUT2D eigenvalue weighted by Gasteiger charge is -2.32. The largest absolute Gasteiger partial charge is 0.493 e. The number of thioether (sulfide) groups is 1. The van der Waals surface area contributed by atoms with Crippen molar-refractivity contribution in [2.75, 3.05) is 24.7 Å². The molecule has 0 spiro atoms. The molecular formula is C23H29N3O4S. The van der Waals surface area contributed by atoms with E-state index in [1.165, 1.54) is 12.0 Å². The van der Waals surface area contributed by atoms with E-state index in [0.29, 0.717) is 18.8 Å². The number of rotatable bonds is 9. The lowest BCUT2D eigenvalue weighted by atomic mass is 10.00. The molecule has 3 aliphatic heterocycles. The summed E-state index contributed by atoms with van der Waals surface area (Å²) in [5.74, 6) is 1.19. The lowest BCUT2D eigenvalue weighted by molar-refractivity contribution is -0.137. The summed E-state index contributed by atoms with van der Waals surface area (Å²) in [6.45, 7) is 1.68. The number of aliphatic carboxylic acids is 1. The average molecular weight is 444 g/mol. The number of carboxylic acids is 1. The minimum absolute atomic E-state index is 0.137. The molecule has 1 aromatic carbocycles. The number of hydrogen-bond acceptors (Lipinski definition) is 6. The highest BCUT2D eigenvalue weighted by Crippen LogP contribution is 2.30. The molecule has 1 amide bonds. The van der Waals surface area contributed by atoms with E-state index in [1.807, 2.05) is 18.2 Å². The average Bonchev–Trinajstić information content (AvgIpc) is 3.24. The van der Waals surface area contributed by atoms with E-state index in [-0.39, 0.29) is 18.5 Å². The Balaban J connectivity index is 1.25. The summed E-state index contributed by atoms with van der Waals surface area (Å²) in [5, 5.41) is 19.2. The molecule has 4 rings (SSSR count). The Morgan fingerprint density at radius 1 is 1.29 bits per heavy atom. The molecule has 166 valence electrons. The Bertz CT molecular complexity index is 899. The lowest BCUT2D eigenvalue weighted by Crippen LogP contribution is -2.48. The van der Waals surface area contributed by atoms with E-state index < -0.39 is 12.0 Å². The number of allylic oxidation sites excluding steroid dienone is 2. The summed E-state index contributed by atoms with van der Waals surface area (Å²) in [4.78, 5) is 23.8. The Hall–Kier alpha value is -2.45. The number of ether oxygens (including phenoxy) is 1. The van der Waals surface area contributed by atoms with Gasteiger partial charge in [0.05, 0.1) is 25.2 Å². The third kappa shape index (κ3) is 5.83. The standard InChI is InChI=1S/C23H29N3O4S/c27-21(8-11-31-14-18-6-5-16-2-1-9-24-23(16)25-18)26-19(13-22(28)29)17-4-3-15-7-10-30-20(15)12-17/h3-6,12,19,23-25H,1-2,7-11,13-14H2,(H,26,27)(H,28,29)/t19-,23?/m0/s1. The second kappa shape index (κ2) is 10.2. The van der Waals surface area contributed by atoms with Gasteiger partial charge >= 0.3 is 5.97 Å². The number of piperidine rings is 1. The SMILES string of the molecule is O=C(O)C[C@H](NC(=O)CCSCC1=CC=C2CCCNC2N1)c1ccc2c(c1)OCC2. The van der Waals surface area contributed by atoms with Crippen LogP contribution in [0.4, 0.5) is 0 Å². The van der Waals surface area contributed by atoms with Gasteiger partial charge in [-0.15, -0.1) is 0 Å². The van der Waals surface area contributed by atoms with Crippen molar-refractivity contribution in [3.8, 4) is 5.75 Å². The van der Waals surface area contributed by atoms with Crippen LogP contribution in [-0.4, -0.2) is 47.8 Å². The molecule has 1 aromatic rings. The molecule has 0 radical (unpaired) electrons. The van der Waals surface area contributed by atoms with Crippen molar-refractivity contribution in [1.82, 2.24) is 16.0 Å². The van der Waals surface area contributed by atoms with Crippen LogP contribution in [0.5, 0.6) is 5.75 Å². The van der Waals surface area contributed by atoms with Gasteiger partial charge in [-0.3, -0.25) is 14.9 Å². The molecule has 0 aliphatic carbocycles. The number of amides is 1. The Labute approximate surface area is 186 Å². The Morgan fingerprint density at radius 3 is 3.06 bits per heavy atom. The van der Waals surface area contributed by atoms with E-state index >= 15 is 0 Å². The number of carbonyl (C=O) groups excluding carboxylic acids is 1. The minimum Gasteiger partial charge on any atom is -0.493 e. The monoisotopic (exact) mass is 443 g/mol. The maximum atomic E-state index is 12.5. The van der Waals surface area contributed by atoms with Crippen molar-refractivity contribution in [3.63, 3.8) is 0 Å². The van der Waals surface area contributed by atoms with Gasteiger partial charge in [0.15, 0.2) is 0 Å². The van der Waals surface area contributed by atoms with Gasteiger partial charge in [-0.2, -0.15) is 11.8 Å². The highest BCUT2D eigenvalue weighted by atomic mass is 32.2. The number of carboxylic acid groups (broad SMARTS) is 1. The summed E-state index contributed by atoms with van der Waals surface area (Å²) < 4.78 is 5.59. The number of nitrogens with one attached hydrogen (secondary N) is 3. The van der Waals surface area contributed by atoms with Gasteiger partial charge in [0.1, 0.15) is 5.75 Å². The third-order valence-corrected chi connectivity index (χ3v) is 6.77.